The maximum absolute atomic E-state index is 10.00. The summed E-state index contributed by atoms with van der Waals surface area (Å²) in [5.41, 5.74) is 7.58. The largest absolute Gasteiger partial charge is 0.494 e. The van der Waals surface area contributed by atoms with Crippen LogP contribution in [0.25, 0.3) is 33.5 Å². The molecule has 5 heterocycles. The number of H-pyrrole nitrogens is 1. The molecule has 0 saturated carbocycles. The second-order valence-electron chi connectivity index (χ2n) is 11.1. The lowest BCUT2D eigenvalue weighted by atomic mass is 9.99. The van der Waals surface area contributed by atoms with E-state index in [9.17, 15) is 14.7 Å². The van der Waals surface area contributed by atoms with Crippen LogP contribution < -0.4 is 9.64 Å². The smallest absolute Gasteiger partial charge is 0.333 e. The van der Waals surface area contributed by atoms with Gasteiger partial charge in [-0.1, -0.05) is 18.2 Å². The lowest BCUT2D eigenvalue weighted by molar-refractivity contribution is -0.152. The fourth-order valence-electron chi connectivity index (χ4n) is 5.68. The fraction of sp³-hybridized carbons (Fsp3) is 0.387. The highest BCUT2D eigenvalue weighted by Crippen LogP contribution is 2.36. The van der Waals surface area contributed by atoms with E-state index in [0.29, 0.717) is 11.8 Å². The number of aliphatic hydroxyl groups excluding tert-OH is 2. The van der Waals surface area contributed by atoms with Crippen molar-refractivity contribution in [3.05, 3.63) is 53.7 Å². The van der Waals surface area contributed by atoms with Crippen LogP contribution in [0.2, 0.25) is 0 Å². The SMILES string of the molecule is COc1cc2[nH]nc(-c3ccc(N4CCN5C[C@H](O)C[C@H]5C4)nc3)c2nc1-c1cccc(C)c1C.O=C(O)C[C@H](O)C(=O)O. The number of rotatable bonds is 7. The van der Waals surface area contributed by atoms with Crippen molar-refractivity contribution in [1.82, 2.24) is 25.1 Å². The first-order valence-electron chi connectivity index (χ1n) is 14.3. The molecule has 44 heavy (non-hydrogen) atoms. The van der Waals surface area contributed by atoms with Crippen molar-refractivity contribution in [3.8, 4) is 28.3 Å². The van der Waals surface area contributed by atoms with Gasteiger partial charge in [0.15, 0.2) is 6.10 Å². The molecule has 1 aromatic carbocycles. The number of anilines is 1. The first kappa shape index (κ1) is 30.9. The average molecular weight is 605 g/mol. The number of fused-ring (bicyclic) bond motifs is 2. The number of aliphatic hydroxyl groups is 2. The van der Waals surface area contributed by atoms with Crippen molar-refractivity contribution in [1.29, 1.82) is 0 Å². The number of aromatic nitrogens is 4. The zero-order valence-corrected chi connectivity index (χ0v) is 24.8. The van der Waals surface area contributed by atoms with Crippen LogP contribution in [0, 0.1) is 13.8 Å². The minimum absolute atomic E-state index is 0.206. The molecule has 13 heteroatoms. The Hall–Kier alpha value is -4.59. The Labute approximate surface area is 253 Å². The van der Waals surface area contributed by atoms with Gasteiger partial charge >= 0.3 is 11.9 Å². The summed E-state index contributed by atoms with van der Waals surface area (Å²) in [5.74, 6) is -1.17. The van der Waals surface area contributed by atoms with Crippen LogP contribution in [-0.2, 0) is 9.59 Å². The summed E-state index contributed by atoms with van der Waals surface area (Å²) < 4.78 is 5.69. The van der Waals surface area contributed by atoms with Crippen LogP contribution in [0.5, 0.6) is 5.75 Å². The zero-order valence-electron chi connectivity index (χ0n) is 24.8. The molecular weight excluding hydrogens is 568 g/mol. The molecule has 2 fully saturated rings. The number of ether oxygens (including phenoxy) is 1. The molecule has 232 valence electrons. The summed E-state index contributed by atoms with van der Waals surface area (Å²) in [6.45, 7) is 7.79. The minimum Gasteiger partial charge on any atom is -0.494 e. The van der Waals surface area contributed by atoms with Gasteiger partial charge in [-0.05, 0) is 43.5 Å². The van der Waals surface area contributed by atoms with Gasteiger partial charge in [-0.25, -0.2) is 14.8 Å². The van der Waals surface area contributed by atoms with Crippen LogP contribution in [0.1, 0.15) is 24.0 Å². The van der Waals surface area contributed by atoms with E-state index in [4.69, 9.17) is 30.0 Å². The van der Waals surface area contributed by atoms with Gasteiger partial charge in [0.2, 0.25) is 0 Å². The van der Waals surface area contributed by atoms with Crippen molar-refractivity contribution >= 4 is 28.8 Å². The first-order chi connectivity index (χ1) is 21.0. The Kier molecular flexibility index (Phi) is 9.09. The molecular formula is C31H36N6O7. The molecule has 0 aliphatic carbocycles. The number of aromatic amines is 1. The van der Waals surface area contributed by atoms with Crippen molar-refractivity contribution in [2.24, 2.45) is 0 Å². The summed E-state index contributed by atoms with van der Waals surface area (Å²) in [7, 11) is 1.67. The molecule has 0 spiro atoms. The van der Waals surface area contributed by atoms with Gasteiger partial charge in [-0.2, -0.15) is 5.10 Å². The lowest BCUT2D eigenvalue weighted by Gasteiger charge is -2.37. The molecule has 0 bridgehead atoms. The monoisotopic (exact) mass is 604 g/mol. The molecule has 0 radical (unpaired) electrons. The Morgan fingerprint density at radius 3 is 2.57 bits per heavy atom. The molecule has 2 aliphatic heterocycles. The molecule has 4 aromatic rings. The second kappa shape index (κ2) is 13.0. The number of aryl methyl sites for hydroxylation is 1. The Morgan fingerprint density at radius 1 is 1.11 bits per heavy atom. The molecule has 0 amide bonds. The van der Waals surface area contributed by atoms with Crippen LogP contribution in [0.15, 0.2) is 42.6 Å². The van der Waals surface area contributed by atoms with Crippen LogP contribution in [0.4, 0.5) is 5.82 Å². The van der Waals surface area contributed by atoms with E-state index in [2.05, 4.69) is 58.1 Å². The number of hydrogen-bond donors (Lipinski definition) is 5. The van der Waals surface area contributed by atoms with Crippen molar-refractivity contribution in [2.75, 3.05) is 38.2 Å². The normalized spacial score (nSPS) is 18.8. The number of nitrogens with zero attached hydrogens (tertiary/aromatic N) is 5. The Bertz CT molecular complexity index is 1660. The molecule has 3 aromatic heterocycles. The molecule has 2 aliphatic rings. The third-order valence-corrected chi connectivity index (χ3v) is 8.17. The predicted molar refractivity (Wildman–Crippen MR) is 163 cm³/mol. The zero-order chi connectivity index (χ0) is 31.5. The van der Waals surface area contributed by atoms with Crippen molar-refractivity contribution < 1.29 is 34.8 Å². The summed E-state index contributed by atoms with van der Waals surface area (Å²) in [6.07, 6.45) is -0.0314. The van der Waals surface area contributed by atoms with Gasteiger partial charge in [-0.3, -0.25) is 14.8 Å². The van der Waals surface area contributed by atoms with Crippen LogP contribution in [0.3, 0.4) is 0 Å². The number of carboxylic acid groups (broad SMARTS) is 2. The number of methoxy groups -OCH3 is 1. The van der Waals surface area contributed by atoms with Crippen LogP contribution >= 0.6 is 0 Å². The molecule has 13 nitrogen and oxygen atoms in total. The lowest BCUT2D eigenvalue weighted by Crippen LogP contribution is -2.50. The minimum atomic E-state index is -1.79. The number of aliphatic carboxylic acids is 2. The van der Waals surface area contributed by atoms with Crippen molar-refractivity contribution in [2.45, 2.75) is 44.9 Å². The molecule has 0 unspecified atom stereocenters. The topological polar surface area (TPSA) is 185 Å². The van der Waals surface area contributed by atoms with Crippen molar-refractivity contribution in [3.63, 3.8) is 0 Å². The number of carbonyl (C=O) groups is 2. The number of nitrogens with one attached hydrogen (secondary N) is 1. The highest BCUT2D eigenvalue weighted by Gasteiger charge is 2.35. The average Bonchev–Trinajstić information content (AvgIpc) is 3.59. The maximum Gasteiger partial charge on any atom is 0.333 e. The summed E-state index contributed by atoms with van der Waals surface area (Å²) in [6, 6.07) is 12.7. The molecule has 5 N–H and O–H groups in total. The summed E-state index contributed by atoms with van der Waals surface area (Å²) >= 11 is 0. The van der Waals surface area contributed by atoms with Gasteiger partial charge in [0.1, 0.15) is 28.5 Å². The van der Waals surface area contributed by atoms with Gasteiger partial charge in [0, 0.05) is 55.6 Å². The number of hydrogen-bond acceptors (Lipinski definition) is 10. The standard InChI is InChI=1S/C27H30N6O2.C4H6O5/c1-16-5-4-6-21(17(16)2)26-23(35-3)12-22-27(29-26)25(31-30-22)18-7-8-24(28-13-18)33-10-9-32-15-20(34)11-19(32)14-33;5-2(4(8)9)1-3(6)7/h4-8,12-13,19-20,34H,9-11,14-15H2,1-3H3,(H,30,31);2,5H,1H2,(H,6,7)(H,8,9)/t19-,20+;2-/m00/s1. The van der Waals surface area contributed by atoms with E-state index in [1.807, 2.05) is 18.3 Å². The van der Waals surface area contributed by atoms with Gasteiger partial charge in [-0.15, -0.1) is 0 Å². The highest BCUT2D eigenvalue weighted by atomic mass is 16.5. The molecule has 6 rings (SSSR count). The van der Waals surface area contributed by atoms with Gasteiger partial charge < -0.3 is 30.1 Å². The number of carboxylic acids is 2. The molecule has 3 atom stereocenters. The van der Waals surface area contributed by atoms with E-state index >= 15 is 0 Å². The quantitative estimate of drug-likeness (QED) is 0.208. The molecule has 2 saturated heterocycles. The van der Waals surface area contributed by atoms with Gasteiger partial charge in [0.25, 0.3) is 0 Å². The summed E-state index contributed by atoms with van der Waals surface area (Å²) in [5, 5.41) is 41.8. The third kappa shape index (κ3) is 6.49. The third-order valence-electron chi connectivity index (χ3n) is 8.17. The number of pyridine rings is 2. The van der Waals surface area contributed by atoms with Crippen LogP contribution in [-0.4, -0.2) is 109 Å². The summed E-state index contributed by atoms with van der Waals surface area (Å²) in [4.78, 5) is 33.9. The van der Waals surface area contributed by atoms with E-state index in [0.717, 1.165) is 72.0 Å². The van der Waals surface area contributed by atoms with Gasteiger partial charge in [0.05, 0.1) is 25.2 Å². The Balaban J connectivity index is 0.000000374. The highest BCUT2D eigenvalue weighted by molar-refractivity contribution is 5.93. The number of piperazine rings is 1. The van der Waals surface area contributed by atoms with E-state index in [1.165, 1.54) is 11.1 Å². The predicted octanol–water partition coefficient (Wildman–Crippen LogP) is 2.47. The Morgan fingerprint density at radius 2 is 1.91 bits per heavy atom. The fourth-order valence-corrected chi connectivity index (χ4v) is 5.68. The van der Waals surface area contributed by atoms with E-state index in [-0.39, 0.29) is 6.10 Å². The second-order valence-corrected chi connectivity index (χ2v) is 11.1. The number of benzene rings is 1. The van der Waals surface area contributed by atoms with E-state index in [1.54, 1.807) is 7.11 Å². The van der Waals surface area contributed by atoms with E-state index < -0.39 is 24.5 Å². The maximum atomic E-state index is 10.00. The first-order valence-corrected chi connectivity index (χ1v) is 14.3.